The minimum atomic E-state index is -2.82. The predicted octanol–water partition coefficient (Wildman–Crippen LogP) is 7.03. The number of thiocyanates is 3. The molecule has 0 radical (unpaired) electrons. The Kier molecular flexibility index (Phi) is 22.5. The molecule has 3 aromatic rings. The first-order valence-corrected chi connectivity index (χ1v) is 17.5. The van der Waals surface area contributed by atoms with Gasteiger partial charge in [0.1, 0.15) is 33.6 Å². The first-order valence-electron chi connectivity index (χ1n) is 15.9. The summed E-state index contributed by atoms with van der Waals surface area (Å²) >= 11 is 0. The van der Waals surface area contributed by atoms with Gasteiger partial charge in [0.15, 0.2) is 0 Å². The van der Waals surface area contributed by atoms with E-state index in [9.17, 15) is 20.2 Å². The minimum Gasteiger partial charge on any atom is -0.671 e. The van der Waals surface area contributed by atoms with Crippen molar-refractivity contribution in [2.24, 2.45) is 4.99 Å². The molecule has 1 aliphatic rings. The Balaban J connectivity index is 0.000000897. The number of nitrogens with zero attached hydrogens (tertiary/aromatic N) is 7. The van der Waals surface area contributed by atoms with Crippen molar-refractivity contribution in [1.29, 1.82) is 15.8 Å². The number of likely N-dealkylation sites (tertiary alicyclic amines) is 1. The number of benzene rings is 2. The van der Waals surface area contributed by atoms with Crippen LogP contribution in [0.25, 0.3) is 11.0 Å². The number of amidine groups is 1. The third kappa shape index (κ3) is 14.7. The van der Waals surface area contributed by atoms with Crippen LogP contribution in [0.4, 0.5) is 4.39 Å². The summed E-state index contributed by atoms with van der Waals surface area (Å²) < 4.78 is 23.2. The van der Waals surface area contributed by atoms with Crippen LogP contribution < -0.4 is 56.1 Å². The van der Waals surface area contributed by atoms with Gasteiger partial charge in [-0.25, -0.2) is 9.38 Å². The van der Waals surface area contributed by atoms with E-state index < -0.39 is 10.0 Å². The summed E-state index contributed by atoms with van der Waals surface area (Å²) in [5.41, 5.74) is 3.53. The predicted molar refractivity (Wildman–Crippen MR) is 204 cm³/mol. The summed E-state index contributed by atoms with van der Waals surface area (Å²) in [4.78, 5) is 11.7. The average Bonchev–Trinajstić information content (AvgIpc) is 3.54. The number of methoxy groups -OCH3 is 1. The number of pyridine rings is 1. The van der Waals surface area contributed by atoms with Gasteiger partial charge in [-0.2, -0.15) is 28.2 Å². The smallest absolute Gasteiger partial charge is 0.671 e. The maximum Gasteiger partial charge on any atom is 1.00 e. The van der Waals surface area contributed by atoms with Crippen molar-refractivity contribution in [1.82, 2.24) is 9.88 Å². The second-order valence-corrected chi connectivity index (χ2v) is 12.9. The van der Waals surface area contributed by atoms with Crippen molar-refractivity contribution in [3.8, 4) is 22.0 Å². The van der Waals surface area contributed by atoms with E-state index in [1.807, 2.05) is 52.6 Å². The van der Waals surface area contributed by atoms with E-state index in [2.05, 4.69) is 34.9 Å². The largest absolute Gasteiger partial charge is 1.00 e. The normalized spacial score (nSPS) is 14.5. The Labute approximate surface area is 351 Å². The molecule has 1 aliphatic heterocycles. The Morgan fingerprint density at radius 1 is 1.00 bits per heavy atom. The summed E-state index contributed by atoms with van der Waals surface area (Å²) in [5.74, 6) is 1.56. The number of aliphatic imine (C=N–C) groups is 1. The van der Waals surface area contributed by atoms with Crippen molar-refractivity contribution in [2.75, 3.05) is 13.7 Å². The number of hydrogen-bond acceptors (Lipinski definition) is 7. The molecule has 1 fully saturated rings. The van der Waals surface area contributed by atoms with E-state index >= 15 is 0 Å². The molecule has 12 heteroatoms. The third-order valence-corrected chi connectivity index (χ3v) is 9.14. The first-order chi connectivity index (χ1) is 24.7. The van der Waals surface area contributed by atoms with E-state index in [1.54, 1.807) is 63.7 Å². The van der Waals surface area contributed by atoms with Gasteiger partial charge in [0, 0.05) is 30.3 Å². The van der Waals surface area contributed by atoms with Crippen LogP contribution in [0, 0.1) is 32.0 Å². The molecule has 0 aliphatic carbocycles. The molecule has 52 heavy (non-hydrogen) atoms. The number of hydrogen-bond donors (Lipinski definition) is 0. The molecular weight excluding hydrogens is 701 g/mol. The quantitative estimate of drug-likeness (QED) is 0.104. The summed E-state index contributed by atoms with van der Waals surface area (Å²) in [6.45, 7) is 16.0. The zero-order valence-electron chi connectivity index (χ0n) is 30.3. The van der Waals surface area contributed by atoms with Gasteiger partial charge >= 0.3 is 51.4 Å². The fourth-order valence-corrected chi connectivity index (χ4v) is 5.64. The van der Waals surface area contributed by atoms with Gasteiger partial charge in [0.2, 0.25) is 0 Å². The van der Waals surface area contributed by atoms with Crippen molar-refractivity contribution in [3.05, 3.63) is 151 Å². The molecular formula is C40H43FKN7O2S. The van der Waals surface area contributed by atoms with Gasteiger partial charge in [-0.15, -0.1) is 13.2 Å². The first kappa shape index (κ1) is 45.7. The second-order valence-electron chi connectivity index (χ2n) is 10.6. The minimum absolute atomic E-state index is 0. The summed E-state index contributed by atoms with van der Waals surface area (Å²) in [6.07, 6.45) is 12.6. The van der Waals surface area contributed by atoms with Gasteiger partial charge in [0.25, 0.3) is 0 Å². The zero-order chi connectivity index (χ0) is 37.5. The fourth-order valence-electron chi connectivity index (χ4n) is 4.66. The molecule has 2 heterocycles. The van der Waals surface area contributed by atoms with Crippen LogP contribution >= 0.6 is 10.0 Å². The van der Waals surface area contributed by atoms with Crippen LogP contribution in [0.15, 0.2) is 139 Å². The van der Waals surface area contributed by atoms with Crippen LogP contribution in [0.1, 0.15) is 43.4 Å². The molecule has 0 N–H and O–H groups in total. The summed E-state index contributed by atoms with van der Waals surface area (Å²) in [5, 5.41) is 37.4. The average molecular weight is 744 g/mol. The Morgan fingerprint density at radius 2 is 1.62 bits per heavy atom. The van der Waals surface area contributed by atoms with Crippen LogP contribution in [-0.4, -0.2) is 35.5 Å². The van der Waals surface area contributed by atoms with Crippen molar-refractivity contribution < 1.29 is 65.2 Å². The number of aromatic nitrogens is 1. The summed E-state index contributed by atoms with van der Waals surface area (Å²) in [7, 11) is -1.17. The number of allylic oxidation sites excluding steroid dienone is 4. The van der Waals surface area contributed by atoms with Gasteiger partial charge in [-0.05, 0) is 79.4 Å². The molecule has 1 atom stereocenters. The van der Waals surface area contributed by atoms with Crippen LogP contribution in [0.2, 0.25) is 0 Å². The molecule has 9 nitrogen and oxygen atoms in total. The molecule has 0 saturated carbocycles. The van der Waals surface area contributed by atoms with Crippen LogP contribution in [-0.2, 0) is 17.9 Å². The maximum atomic E-state index is 11.9. The fraction of sp³-hybridized carbons (Fsp3) is 0.225. The van der Waals surface area contributed by atoms with Crippen molar-refractivity contribution >= 4 is 21.6 Å². The molecule has 0 unspecified atom stereocenters. The number of halogens is 1. The zero-order valence-corrected chi connectivity index (χ0v) is 34.2. The van der Waals surface area contributed by atoms with E-state index in [0.29, 0.717) is 30.4 Å². The van der Waals surface area contributed by atoms with Gasteiger partial charge in [-0.1, -0.05) is 43.0 Å². The molecule has 264 valence electrons. The Morgan fingerprint density at radius 3 is 2.10 bits per heavy atom. The number of rotatable bonds is 13. The molecule has 1 saturated heterocycles. The van der Waals surface area contributed by atoms with Gasteiger partial charge in [-0.3, -0.25) is 4.98 Å². The SMILES string of the molecule is C/C=C\C(F)=C/C.C=C(N=C1CC[C@@H](COCc2ccc(OC)cc2)N1Cc1ccncc1)c1ccc(S(C#N)(C#N)C#N)cc1.C=C[N-]C=C.[K+]. The van der Waals surface area contributed by atoms with Gasteiger partial charge < -0.3 is 19.7 Å². The maximum absolute atomic E-state index is 11.9. The molecule has 2 aromatic carbocycles. The van der Waals surface area contributed by atoms with E-state index in [1.165, 1.54) is 24.6 Å². The van der Waals surface area contributed by atoms with E-state index in [-0.39, 0.29) is 63.3 Å². The molecule has 0 bridgehead atoms. The molecule has 0 spiro atoms. The van der Waals surface area contributed by atoms with Crippen molar-refractivity contribution in [3.63, 3.8) is 0 Å². The Hall–Kier alpha value is -4.29. The third-order valence-electron chi connectivity index (χ3n) is 7.34. The van der Waals surface area contributed by atoms with Gasteiger partial charge in [0.05, 0.1) is 42.1 Å². The molecule has 0 amide bonds. The molecule has 1 aromatic heterocycles. The van der Waals surface area contributed by atoms with E-state index in [0.717, 1.165) is 41.1 Å². The summed E-state index contributed by atoms with van der Waals surface area (Å²) in [6, 6.07) is 18.8. The topological polar surface area (TPSA) is 132 Å². The van der Waals surface area contributed by atoms with E-state index in [4.69, 9.17) is 14.5 Å². The number of nitriles is 3. The second kappa shape index (κ2) is 25.6. The van der Waals surface area contributed by atoms with Crippen LogP contribution in [0.3, 0.4) is 0 Å². The standard InChI is InChI=1S/C30H28N6O2S.C6H9F.C4H6N.K/c1-23(26-5-10-29(11-6-26)39(20-31,21-32)22-33)35-30-12-7-27(36(30)17-24-13-15-34-16-14-24)19-38-18-25-3-8-28(37-2)9-4-25;1-3-5-6(7)4-2;1-3-5-4-2;/h3-6,8-11,13-16,27H,1,7,12,17-19H2,2H3;3-5H,1-2H3;3-4H,1-2H2;/q;;-1;+1/b;5-3-,6-4+;;/t27-;;;/m0.../s1. The molecule has 4 rings (SSSR count). The van der Waals surface area contributed by atoms with Crippen molar-refractivity contribution in [2.45, 2.75) is 50.8 Å². The van der Waals surface area contributed by atoms with Crippen LogP contribution in [0.5, 0.6) is 5.75 Å². The number of ether oxygens (including phenoxy) is 2. The monoisotopic (exact) mass is 743 g/mol. The Bertz CT molecular complexity index is 1750.